The molecule has 0 aliphatic carbocycles. The standard InChI is InChI=1S/C16H17F3N4O3/c1-2-26-15(25)22-7-6-21-10-11(9-20)14(24)23-13-5-3-4-12(8-13)16(17,18)19/h3-5,8,10,21H,2,6-7H2,1H3,(H,22,25)(H,23,24)/b11-10-. The van der Waals surface area contributed by atoms with Gasteiger partial charge in [-0.2, -0.15) is 18.4 Å². The van der Waals surface area contributed by atoms with Gasteiger partial charge in [0.25, 0.3) is 5.91 Å². The van der Waals surface area contributed by atoms with Gasteiger partial charge >= 0.3 is 12.3 Å². The van der Waals surface area contributed by atoms with Crippen LogP contribution in [0, 0.1) is 11.3 Å². The van der Waals surface area contributed by atoms with E-state index in [2.05, 4.69) is 20.7 Å². The number of benzene rings is 1. The second-order valence-corrected chi connectivity index (χ2v) is 4.80. The SMILES string of the molecule is CCOC(=O)NCCN/C=C(/C#N)C(=O)Nc1cccc(C(F)(F)F)c1. The van der Waals surface area contributed by atoms with Gasteiger partial charge < -0.3 is 20.7 Å². The van der Waals surface area contributed by atoms with E-state index in [1.54, 1.807) is 13.0 Å². The third kappa shape index (κ3) is 7.12. The number of amides is 2. The molecule has 0 atom stereocenters. The Morgan fingerprint density at radius 3 is 2.65 bits per heavy atom. The first-order valence-corrected chi connectivity index (χ1v) is 7.50. The lowest BCUT2D eigenvalue weighted by molar-refractivity contribution is -0.137. The summed E-state index contributed by atoms with van der Waals surface area (Å²) < 4.78 is 42.6. The van der Waals surface area contributed by atoms with Crippen molar-refractivity contribution in [3.8, 4) is 6.07 Å². The number of nitrogens with one attached hydrogen (secondary N) is 3. The van der Waals surface area contributed by atoms with Crippen molar-refractivity contribution in [2.24, 2.45) is 0 Å². The van der Waals surface area contributed by atoms with E-state index in [9.17, 15) is 22.8 Å². The fraction of sp³-hybridized carbons (Fsp3) is 0.312. The number of alkyl carbamates (subject to hydrolysis) is 1. The molecule has 0 spiro atoms. The number of anilines is 1. The quantitative estimate of drug-likeness (QED) is 0.388. The fourth-order valence-electron chi connectivity index (χ4n) is 1.71. The molecular formula is C16H17F3N4O3. The van der Waals surface area contributed by atoms with Gasteiger partial charge in [0.2, 0.25) is 0 Å². The minimum absolute atomic E-state index is 0.0880. The van der Waals surface area contributed by atoms with E-state index in [0.29, 0.717) is 0 Å². The van der Waals surface area contributed by atoms with Gasteiger partial charge in [0.1, 0.15) is 11.6 Å². The molecule has 2 amide bonds. The van der Waals surface area contributed by atoms with Crippen LogP contribution in [-0.2, 0) is 15.7 Å². The highest BCUT2D eigenvalue weighted by Crippen LogP contribution is 2.30. The Bertz CT molecular complexity index is 711. The third-order valence-electron chi connectivity index (χ3n) is 2.87. The van der Waals surface area contributed by atoms with E-state index >= 15 is 0 Å². The molecule has 10 heteroatoms. The highest BCUT2D eigenvalue weighted by Gasteiger charge is 2.30. The average molecular weight is 370 g/mol. The maximum Gasteiger partial charge on any atom is 0.416 e. The maximum atomic E-state index is 12.6. The smallest absolute Gasteiger partial charge is 0.416 e. The molecule has 0 bridgehead atoms. The molecule has 0 heterocycles. The number of hydrogen-bond acceptors (Lipinski definition) is 5. The molecule has 7 nitrogen and oxygen atoms in total. The molecule has 3 N–H and O–H groups in total. The zero-order valence-corrected chi connectivity index (χ0v) is 13.8. The topological polar surface area (TPSA) is 103 Å². The molecule has 1 rings (SSSR count). The summed E-state index contributed by atoms with van der Waals surface area (Å²) in [6.07, 6.45) is -4.03. The van der Waals surface area contributed by atoms with Gasteiger partial charge in [-0.15, -0.1) is 0 Å². The van der Waals surface area contributed by atoms with Crippen molar-refractivity contribution in [3.63, 3.8) is 0 Å². The average Bonchev–Trinajstić information content (AvgIpc) is 2.57. The number of rotatable bonds is 7. The van der Waals surface area contributed by atoms with Crippen LogP contribution in [0.2, 0.25) is 0 Å². The van der Waals surface area contributed by atoms with E-state index in [1.165, 1.54) is 6.07 Å². The van der Waals surface area contributed by atoms with Crippen molar-refractivity contribution in [1.29, 1.82) is 5.26 Å². The Labute approximate surface area is 147 Å². The van der Waals surface area contributed by atoms with Crippen molar-refractivity contribution in [1.82, 2.24) is 10.6 Å². The van der Waals surface area contributed by atoms with E-state index in [4.69, 9.17) is 5.26 Å². The van der Waals surface area contributed by atoms with Gasteiger partial charge in [-0.05, 0) is 25.1 Å². The Morgan fingerprint density at radius 1 is 1.31 bits per heavy atom. The van der Waals surface area contributed by atoms with Crippen molar-refractivity contribution < 1.29 is 27.5 Å². The van der Waals surface area contributed by atoms with Crippen LogP contribution < -0.4 is 16.0 Å². The molecular weight excluding hydrogens is 353 g/mol. The summed E-state index contributed by atoms with van der Waals surface area (Å²) in [5.74, 6) is -0.863. The molecule has 0 fully saturated rings. The second kappa shape index (κ2) is 9.93. The number of hydrogen-bond donors (Lipinski definition) is 3. The summed E-state index contributed by atoms with van der Waals surface area (Å²) in [6, 6.07) is 5.70. The summed E-state index contributed by atoms with van der Waals surface area (Å²) in [5, 5.41) is 16.3. The van der Waals surface area contributed by atoms with Gasteiger partial charge in [0.15, 0.2) is 0 Å². The van der Waals surface area contributed by atoms with Crippen molar-refractivity contribution in [2.45, 2.75) is 13.1 Å². The molecule has 1 aromatic carbocycles. The Kier molecular flexibility index (Phi) is 7.95. The normalized spacial score (nSPS) is 11.3. The van der Waals surface area contributed by atoms with Crippen LogP contribution in [0.3, 0.4) is 0 Å². The van der Waals surface area contributed by atoms with E-state index < -0.39 is 23.7 Å². The first-order valence-electron chi connectivity index (χ1n) is 7.50. The van der Waals surface area contributed by atoms with Crippen molar-refractivity contribution in [2.75, 3.05) is 25.0 Å². The highest BCUT2D eigenvalue weighted by molar-refractivity contribution is 6.06. The predicted octanol–water partition coefficient (Wildman–Crippen LogP) is 2.39. The summed E-state index contributed by atoms with van der Waals surface area (Å²) in [4.78, 5) is 23.0. The van der Waals surface area contributed by atoms with E-state index in [1.807, 2.05) is 0 Å². The van der Waals surface area contributed by atoms with Gasteiger partial charge in [0, 0.05) is 25.0 Å². The van der Waals surface area contributed by atoms with Crippen molar-refractivity contribution >= 4 is 17.7 Å². The Balaban J connectivity index is 2.58. The lowest BCUT2D eigenvalue weighted by atomic mass is 10.2. The van der Waals surface area contributed by atoms with Crippen LogP contribution in [0.5, 0.6) is 0 Å². The summed E-state index contributed by atoms with van der Waals surface area (Å²) >= 11 is 0. The van der Waals surface area contributed by atoms with Gasteiger partial charge in [-0.25, -0.2) is 4.79 Å². The molecule has 0 unspecified atom stereocenters. The van der Waals surface area contributed by atoms with Crippen LogP contribution in [0.4, 0.5) is 23.7 Å². The van der Waals surface area contributed by atoms with Crippen LogP contribution in [0.1, 0.15) is 12.5 Å². The lowest BCUT2D eigenvalue weighted by Gasteiger charge is -2.09. The Morgan fingerprint density at radius 2 is 2.04 bits per heavy atom. The van der Waals surface area contributed by atoms with Crippen LogP contribution in [0.15, 0.2) is 36.0 Å². The van der Waals surface area contributed by atoms with Gasteiger partial charge in [-0.1, -0.05) is 6.07 Å². The zero-order chi connectivity index (χ0) is 19.6. The monoisotopic (exact) mass is 370 g/mol. The molecule has 140 valence electrons. The fourth-order valence-corrected chi connectivity index (χ4v) is 1.71. The minimum Gasteiger partial charge on any atom is -0.450 e. The van der Waals surface area contributed by atoms with Gasteiger partial charge in [0.05, 0.1) is 12.2 Å². The second-order valence-electron chi connectivity index (χ2n) is 4.80. The highest BCUT2D eigenvalue weighted by atomic mass is 19.4. The molecule has 0 saturated carbocycles. The van der Waals surface area contributed by atoms with Crippen LogP contribution in [-0.4, -0.2) is 31.7 Å². The van der Waals surface area contributed by atoms with Crippen LogP contribution in [0.25, 0.3) is 0 Å². The number of carbonyl (C=O) groups is 2. The van der Waals surface area contributed by atoms with E-state index in [-0.39, 0.29) is 31.0 Å². The molecule has 0 aliphatic rings. The molecule has 0 aromatic heterocycles. The summed E-state index contributed by atoms with van der Waals surface area (Å²) in [7, 11) is 0. The lowest BCUT2D eigenvalue weighted by Crippen LogP contribution is -2.31. The minimum atomic E-state index is -4.54. The van der Waals surface area contributed by atoms with Crippen molar-refractivity contribution in [3.05, 3.63) is 41.6 Å². The predicted molar refractivity (Wildman–Crippen MR) is 86.8 cm³/mol. The van der Waals surface area contributed by atoms with E-state index in [0.717, 1.165) is 24.4 Å². The number of alkyl halides is 3. The molecule has 1 aromatic rings. The summed E-state index contributed by atoms with van der Waals surface area (Å²) in [6.45, 7) is 2.28. The number of nitriles is 1. The first-order chi connectivity index (χ1) is 12.3. The van der Waals surface area contributed by atoms with Crippen LogP contribution >= 0.6 is 0 Å². The third-order valence-corrected chi connectivity index (χ3v) is 2.87. The molecule has 26 heavy (non-hydrogen) atoms. The maximum absolute atomic E-state index is 12.6. The molecule has 0 aliphatic heterocycles. The zero-order valence-electron chi connectivity index (χ0n) is 13.8. The number of nitrogens with zero attached hydrogens (tertiary/aromatic N) is 1. The van der Waals surface area contributed by atoms with Gasteiger partial charge in [-0.3, -0.25) is 4.79 Å². The summed E-state index contributed by atoms with van der Waals surface area (Å²) in [5.41, 5.74) is -1.34. The Hall–Kier alpha value is -3.22. The molecule has 0 radical (unpaired) electrons. The number of halogens is 3. The molecule has 0 saturated heterocycles. The first kappa shape index (κ1) is 20.8. The number of ether oxygens (including phenoxy) is 1. The number of carbonyl (C=O) groups excluding carboxylic acids is 2. The largest absolute Gasteiger partial charge is 0.450 e.